The first-order valence-corrected chi connectivity index (χ1v) is 7.55. The van der Waals surface area contributed by atoms with Crippen LogP contribution in [0, 0.1) is 5.82 Å². The lowest BCUT2D eigenvalue weighted by molar-refractivity contribution is 0.169. The monoisotopic (exact) mass is 342 g/mol. The lowest BCUT2D eigenvalue weighted by Crippen LogP contribution is -2.45. The van der Waals surface area contributed by atoms with Crippen LogP contribution in [0.15, 0.2) is 28.8 Å². The molecule has 1 atom stereocenters. The number of halogens is 2. The molecule has 5 heteroatoms. The molecule has 0 aliphatic carbocycles. The number of hydrogen-bond donors (Lipinski definition) is 2. The van der Waals surface area contributed by atoms with Crippen LogP contribution < -0.4 is 5.32 Å². The third-order valence-corrected chi connectivity index (χ3v) is 4.01. The number of rotatable bonds is 4. The summed E-state index contributed by atoms with van der Waals surface area (Å²) < 4.78 is 14.4. The Balaban J connectivity index is 2.37. The van der Waals surface area contributed by atoms with E-state index in [9.17, 15) is 9.50 Å². The summed E-state index contributed by atoms with van der Waals surface area (Å²) in [5.41, 5.74) is 1.65. The van der Waals surface area contributed by atoms with Crippen LogP contribution in [0.1, 0.15) is 24.9 Å². The summed E-state index contributed by atoms with van der Waals surface area (Å²) in [6.07, 6.45) is 0.712. The van der Waals surface area contributed by atoms with Crippen LogP contribution in [-0.2, 0) is 0 Å². The van der Waals surface area contributed by atoms with Gasteiger partial charge in [-0.15, -0.1) is 6.58 Å². The highest BCUT2D eigenvalue weighted by Crippen LogP contribution is 2.36. The molecule has 0 saturated carbocycles. The fourth-order valence-electron chi connectivity index (χ4n) is 2.60. The van der Waals surface area contributed by atoms with Gasteiger partial charge in [-0.1, -0.05) is 21.5 Å². The van der Waals surface area contributed by atoms with E-state index in [0.29, 0.717) is 16.5 Å². The standard InChI is InChI=1S/C15H20BrFN2O/c1-10(2)7-14(19-5-3-18-4-6-19)12-8-11(16)9-13(17)15(12)20/h8-9,14,18,20H,1,3-7H2,2H3/t14-/m1/s1. The maximum atomic E-state index is 13.8. The lowest BCUT2D eigenvalue weighted by atomic mass is 9.97. The second kappa shape index (κ2) is 6.70. The lowest BCUT2D eigenvalue weighted by Gasteiger charge is -2.35. The van der Waals surface area contributed by atoms with E-state index >= 15 is 0 Å². The van der Waals surface area contributed by atoms with E-state index in [-0.39, 0.29) is 11.8 Å². The van der Waals surface area contributed by atoms with Crippen LogP contribution in [0.2, 0.25) is 0 Å². The molecule has 0 unspecified atom stereocenters. The summed E-state index contributed by atoms with van der Waals surface area (Å²) >= 11 is 3.30. The van der Waals surface area contributed by atoms with Gasteiger partial charge in [0.2, 0.25) is 0 Å². The molecule has 0 spiro atoms. The Labute approximate surface area is 127 Å². The second-order valence-corrected chi connectivity index (χ2v) is 6.20. The van der Waals surface area contributed by atoms with E-state index in [4.69, 9.17) is 0 Å². The van der Waals surface area contributed by atoms with E-state index in [2.05, 4.69) is 32.7 Å². The average Bonchev–Trinajstić information content (AvgIpc) is 2.41. The Morgan fingerprint density at radius 3 is 2.75 bits per heavy atom. The zero-order valence-electron chi connectivity index (χ0n) is 11.6. The topological polar surface area (TPSA) is 35.5 Å². The fourth-order valence-corrected chi connectivity index (χ4v) is 3.05. The predicted molar refractivity (Wildman–Crippen MR) is 82.4 cm³/mol. The van der Waals surface area contributed by atoms with Crippen molar-refractivity contribution in [3.05, 3.63) is 40.1 Å². The van der Waals surface area contributed by atoms with Gasteiger partial charge in [0.25, 0.3) is 0 Å². The van der Waals surface area contributed by atoms with Gasteiger partial charge in [0.15, 0.2) is 11.6 Å². The maximum absolute atomic E-state index is 13.8. The number of nitrogens with one attached hydrogen (secondary N) is 1. The van der Waals surface area contributed by atoms with Crippen LogP contribution in [0.5, 0.6) is 5.75 Å². The van der Waals surface area contributed by atoms with E-state index in [1.54, 1.807) is 6.07 Å². The molecule has 0 bridgehead atoms. The van der Waals surface area contributed by atoms with Gasteiger partial charge < -0.3 is 10.4 Å². The van der Waals surface area contributed by atoms with Crippen LogP contribution in [0.4, 0.5) is 4.39 Å². The van der Waals surface area contributed by atoms with Crippen molar-refractivity contribution in [2.24, 2.45) is 0 Å². The minimum absolute atomic E-state index is 0.0402. The maximum Gasteiger partial charge on any atom is 0.166 e. The second-order valence-electron chi connectivity index (χ2n) is 5.29. The fraction of sp³-hybridized carbons (Fsp3) is 0.467. The molecule has 3 nitrogen and oxygen atoms in total. The van der Waals surface area contributed by atoms with Crippen molar-refractivity contribution < 1.29 is 9.50 Å². The van der Waals surface area contributed by atoms with Crippen LogP contribution in [0.3, 0.4) is 0 Å². The van der Waals surface area contributed by atoms with Crippen molar-refractivity contribution >= 4 is 15.9 Å². The number of phenolic OH excluding ortho intramolecular Hbond substituents is 1. The largest absolute Gasteiger partial charge is 0.505 e. The van der Waals surface area contributed by atoms with E-state index in [1.807, 2.05) is 6.92 Å². The van der Waals surface area contributed by atoms with E-state index < -0.39 is 5.82 Å². The molecule has 2 rings (SSSR count). The summed E-state index contributed by atoms with van der Waals surface area (Å²) in [4.78, 5) is 2.27. The summed E-state index contributed by atoms with van der Waals surface area (Å²) in [5.74, 6) is -0.839. The SMILES string of the molecule is C=C(C)C[C@H](c1cc(Br)cc(F)c1O)N1CCNCC1. The Morgan fingerprint density at radius 1 is 1.50 bits per heavy atom. The smallest absolute Gasteiger partial charge is 0.166 e. The Hall–Kier alpha value is -0.910. The average molecular weight is 343 g/mol. The number of piperazine rings is 1. The molecule has 1 aliphatic rings. The normalized spacial score (nSPS) is 17.9. The minimum atomic E-state index is -0.587. The zero-order valence-corrected chi connectivity index (χ0v) is 13.2. The van der Waals surface area contributed by atoms with Crippen molar-refractivity contribution in [3.63, 3.8) is 0 Å². The van der Waals surface area contributed by atoms with Gasteiger partial charge in [0.1, 0.15) is 0 Å². The predicted octanol–water partition coefficient (Wildman–Crippen LogP) is 3.21. The first kappa shape index (κ1) is 15.5. The Bertz CT molecular complexity index is 501. The van der Waals surface area contributed by atoms with Gasteiger partial charge in [-0.2, -0.15) is 0 Å². The molecule has 1 aliphatic heterocycles. The van der Waals surface area contributed by atoms with Crippen molar-refractivity contribution in [2.45, 2.75) is 19.4 Å². The molecule has 1 saturated heterocycles. The molecule has 1 aromatic carbocycles. The molecular weight excluding hydrogens is 323 g/mol. The number of aromatic hydroxyl groups is 1. The molecular formula is C15H20BrFN2O. The van der Waals surface area contributed by atoms with Gasteiger partial charge in [-0.05, 0) is 25.5 Å². The van der Waals surface area contributed by atoms with Crippen molar-refractivity contribution in [1.29, 1.82) is 0 Å². The highest BCUT2D eigenvalue weighted by molar-refractivity contribution is 9.10. The molecule has 0 aromatic heterocycles. The van der Waals surface area contributed by atoms with Crippen LogP contribution in [0.25, 0.3) is 0 Å². The number of hydrogen-bond acceptors (Lipinski definition) is 3. The van der Waals surface area contributed by atoms with Crippen LogP contribution in [-0.4, -0.2) is 36.2 Å². The molecule has 110 valence electrons. The van der Waals surface area contributed by atoms with Gasteiger partial charge in [0, 0.05) is 42.3 Å². The van der Waals surface area contributed by atoms with Crippen molar-refractivity contribution in [1.82, 2.24) is 10.2 Å². The summed E-state index contributed by atoms with van der Waals surface area (Å²) in [5, 5.41) is 13.4. The number of benzene rings is 1. The molecule has 20 heavy (non-hydrogen) atoms. The minimum Gasteiger partial charge on any atom is -0.505 e. The quantitative estimate of drug-likeness (QED) is 0.824. The van der Waals surface area contributed by atoms with Crippen molar-refractivity contribution in [3.8, 4) is 5.75 Å². The molecule has 1 heterocycles. The Morgan fingerprint density at radius 2 is 2.15 bits per heavy atom. The number of nitrogens with zero attached hydrogens (tertiary/aromatic N) is 1. The highest BCUT2D eigenvalue weighted by atomic mass is 79.9. The molecule has 0 amide bonds. The molecule has 1 fully saturated rings. The third kappa shape index (κ3) is 3.59. The van der Waals surface area contributed by atoms with E-state index in [1.165, 1.54) is 6.07 Å². The molecule has 1 aromatic rings. The zero-order chi connectivity index (χ0) is 14.7. The first-order valence-electron chi connectivity index (χ1n) is 6.76. The Kier molecular flexibility index (Phi) is 5.18. The van der Waals surface area contributed by atoms with Gasteiger partial charge in [0.05, 0.1) is 0 Å². The summed E-state index contributed by atoms with van der Waals surface area (Å²) in [6.45, 7) is 9.49. The van der Waals surface area contributed by atoms with Gasteiger partial charge >= 0.3 is 0 Å². The molecule has 0 radical (unpaired) electrons. The van der Waals surface area contributed by atoms with Gasteiger partial charge in [-0.3, -0.25) is 4.90 Å². The van der Waals surface area contributed by atoms with Crippen LogP contribution >= 0.6 is 15.9 Å². The molecule has 2 N–H and O–H groups in total. The summed E-state index contributed by atoms with van der Waals surface area (Å²) in [6, 6.07) is 3.05. The third-order valence-electron chi connectivity index (χ3n) is 3.55. The van der Waals surface area contributed by atoms with Crippen molar-refractivity contribution in [2.75, 3.05) is 26.2 Å². The number of phenols is 1. The van der Waals surface area contributed by atoms with Gasteiger partial charge in [-0.25, -0.2) is 4.39 Å². The summed E-state index contributed by atoms with van der Waals surface area (Å²) in [7, 11) is 0. The van der Waals surface area contributed by atoms with E-state index in [0.717, 1.165) is 31.8 Å². The first-order chi connectivity index (χ1) is 9.49. The highest BCUT2D eigenvalue weighted by Gasteiger charge is 2.26.